The van der Waals surface area contributed by atoms with Crippen LogP contribution in [-0.2, 0) is 35.4 Å². The molecule has 1 aromatic heterocycles. The number of ether oxygens (including phenoxy) is 1. The van der Waals surface area contributed by atoms with E-state index in [2.05, 4.69) is 20.8 Å². The van der Waals surface area contributed by atoms with Gasteiger partial charge in [-0.3, -0.25) is 24.5 Å². The second-order valence-corrected chi connectivity index (χ2v) is 10.9. The van der Waals surface area contributed by atoms with Crippen LogP contribution in [0, 0.1) is 16.0 Å². The van der Waals surface area contributed by atoms with Crippen molar-refractivity contribution in [1.29, 1.82) is 0 Å². The molecule has 2 atom stereocenters. The largest absolute Gasteiger partial charge is 0.457 e. The van der Waals surface area contributed by atoms with E-state index < -0.39 is 34.1 Å². The van der Waals surface area contributed by atoms with Crippen molar-refractivity contribution in [1.82, 2.24) is 15.2 Å². The normalized spacial score (nSPS) is 18.3. The van der Waals surface area contributed by atoms with Crippen molar-refractivity contribution in [2.45, 2.75) is 31.9 Å². The average molecular weight is 589 g/mol. The molecule has 0 radical (unpaired) electrons. The number of nitro groups is 1. The SMILES string of the molecule is CC(C)CON=C(C(=O)NC1C(=O)N2C=C(C(=O)OCc3ccc([N+](=O)[O-])cc3)CS[C@H]12)c1csc(NC=O)n1. The monoisotopic (exact) mass is 588 g/mol. The number of aromatic nitrogens is 1. The van der Waals surface area contributed by atoms with Gasteiger partial charge in [0.05, 0.1) is 10.5 Å². The molecule has 14 nitrogen and oxygen atoms in total. The number of nitrogens with one attached hydrogen (secondary N) is 2. The Bertz CT molecular complexity index is 1370. The molecule has 3 amide bonds. The first kappa shape index (κ1) is 28.7. The highest BCUT2D eigenvalue weighted by Gasteiger charge is 2.50. The van der Waals surface area contributed by atoms with Crippen LogP contribution in [0.15, 0.2) is 46.6 Å². The lowest BCUT2D eigenvalue weighted by molar-refractivity contribution is -0.384. The Morgan fingerprint density at radius 2 is 2.08 bits per heavy atom. The number of carbonyl (C=O) groups excluding carboxylic acids is 4. The first-order valence-electron chi connectivity index (χ1n) is 11.9. The van der Waals surface area contributed by atoms with Gasteiger partial charge in [-0.05, 0) is 23.6 Å². The quantitative estimate of drug-likeness (QED) is 0.0929. The minimum absolute atomic E-state index is 0.0711. The molecular weight excluding hydrogens is 564 g/mol. The molecule has 1 saturated heterocycles. The number of hydrogen-bond acceptors (Lipinski definition) is 12. The summed E-state index contributed by atoms with van der Waals surface area (Å²) < 4.78 is 5.30. The molecule has 2 aliphatic rings. The summed E-state index contributed by atoms with van der Waals surface area (Å²) in [5.41, 5.74) is 0.802. The molecular formula is C24H24N6O8S2. The van der Waals surface area contributed by atoms with Crippen LogP contribution in [0.25, 0.3) is 0 Å². The number of nitro benzene ring substituents is 1. The summed E-state index contributed by atoms with van der Waals surface area (Å²) >= 11 is 2.38. The second-order valence-electron chi connectivity index (χ2n) is 8.98. The zero-order chi connectivity index (χ0) is 28.8. The molecule has 2 aromatic rings. The van der Waals surface area contributed by atoms with Crippen LogP contribution in [0.2, 0.25) is 0 Å². The van der Waals surface area contributed by atoms with Crippen LogP contribution >= 0.6 is 23.1 Å². The average Bonchev–Trinajstić information content (AvgIpc) is 3.40. The Hall–Kier alpha value is -4.31. The zero-order valence-electron chi connectivity index (χ0n) is 21.3. The Balaban J connectivity index is 1.37. The van der Waals surface area contributed by atoms with Crippen molar-refractivity contribution in [3.63, 3.8) is 0 Å². The van der Waals surface area contributed by atoms with Gasteiger partial charge < -0.3 is 25.1 Å². The van der Waals surface area contributed by atoms with E-state index in [9.17, 15) is 29.3 Å². The van der Waals surface area contributed by atoms with Crippen molar-refractivity contribution in [3.05, 3.63) is 62.8 Å². The molecule has 0 aliphatic carbocycles. The number of non-ortho nitro benzene ring substituents is 1. The van der Waals surface area contributed by atoms with E-state index in [0.29, 0.717) is 12.0 Å². The third-order valence-electron chi connectivity index (χ3n) is 5.56. The van der Waals surface area contributed by atoms with Crippen molar-refractivity contribution >= 4 is 63.8 Å². The van der Waals surface area contributed by atoms with Crippen molar-refractivity contribution in [3.8, 4) is 0 Å². The molecule has 40 heavy (non-hydrogen) atoms. The fraction of sp³-hybridized carbons (Fsp3) is 0.333. The molecule has 1 unspecified atom stereocenters. The number of nitrogens with zero attached hydrogens (tertiary/aromatic N) is 4. The first-order chi connectivity index (χ1) is 19.2. The summed E-state index contributed by atoms with van der Waals surface area (Å²) in [7, 11) is 0. The Labute approximate surface area is 235 Å². The zero-order valence-corrected chi connectivity index (χ0v) is 22.9. The van der Waals surface area contributed by atoms with Crippen LogP contribution in [0.4, 0.5) is 10.8 Å². The van der Waals surface area contributed by atoms with Gasteiger partial charge in [0.2, 0.25) is 6.41 Å². The van der Waals surface area contributed by atoms with E-state index in [1.807, 2.05) is 13.8 Å². The fourth-order valence-electron chi connectivity index (χ4n) is 3.54. The summed E-state index contributed by atoms with van der Waals surface area (Å²) in [4.78, 5) is 70.3. The van der Waals surface area contributed by atoms with E-state index in [1.165, 1.54) is 52.5 Å². The molecule has 16 heteroatoms. The minimum atomic E-state index is -0.868. The number of thioether (sulfide) groups is 1. The second kappa shape index (κ2) is 12.7. The minimum Gasteiger partial charge on any atom is -0.457 e. The highest BCUT2D eigenvalue weighted by molar-refractivity contribution is 8.00. The summed E-state index contributed by atoms with van der Waals surface area (Å²) in [5, 5.41) is 21.1. The number of hydrogen-bond donors (Lipinski definition) is 2. The van der Waals surface area contributed by atoms with Crippen LogP contribution in [0.3, 0.4) is 0 Å². The van der Waals surface area contributed by atoms with Gasteiger partial charge in [0, 0.05) is 29.5 Å². The third kappa shape index (κ3) is 6.63. The lowest BCUT2D eigenvalue weighted by atomic mass is 10.1. The lowest BCUT2D eigenvalue weighted by Gasteiger charge is -2.47. The fourth-order valence-corrected chi connectivity index (χ4v) is 5.44. The first-order valence-corrected chi connectivity index (χ1v) is 13.8. The third-order valence-corrected chi connectivity index (χ3v) is 7.65. The van der Waals surface area contributed by atoms with E-state index in [4.69, 9.17) is 9.57 Å². The summed E-state index contributed by atoms with van der Waals surface area (Å²) in [6.45, 7) is 4.00. The Morgan fingerprint density at radius 3 is 2.75 bits per heavy atom. The van der Waals surface area contributed by atoms with Gasteiger partial charge in [0.25, 0.3) is 17.5 Å². The maximum absolute atomic E-state index is 13.1. The van der Waals surface area contributed by atoms with Crippen molar-refractivity contribution in [2.24, 2.45) is 11.1 Å². The lowest BCUT2D eigenvalue weighted by Crippen LogP contribution is -2.69. The van der Waals surface area contributed by atoms with Crippen LogP contribution in [-0.4, -0.2) is 68.5 Å². The van der Waals surface area contributed by atoms with Gasteiger partial charge in [0.15, 0.2) is 10.8 Å². The highest BCUT2D eigenvalue weighted by Crippen LogP contribution is 2.36. The van der Waals surface area contributed by atoms with Crippen LogP contribution in [0.5, 0.6) is 0 Å². The van der Waals surface area contributed by atoms with E-state index in [0.717, 1.165) is 11.3 Å². The Morgan fingerprint density at radius 1 is 1.32 bits per heavy atom. The number of thiazole rings is 1. The predicted octanol–water partition coefficient (Wildman–Crippen LogP) is 2.02. The van der Waals surface area contributed by atoms with Gasteiger partial charge in [-0.1, -0.05) is 19.0 Å². The number of carbonyl (C=O) groups is 4. The predicted molar refractivity (Wildman–Crippen MR) is 145 cm³/mol. The van der Waals surface area contributed by atoms with Crippen LogP contribution in [0.1, 0.15) is 25.1 Å². The van der Waals surface area contributed by atoms with E-state index in [-0.39, 0.29) is 52.7 Å². The molecule has 0 bridgehead atoms. The Kier molecular flexibility index (Phi) is 9.11. The van der Waals surface area contributed by atoms with Gasteiger partial charge in [-0.2, -0.15) is 0 Å². The number of β-lactam (4-membered cyclic amide) rings is 1. The van der Waals surface area contributed by atoms with Gasteiger partial charge in [0.1, 0.15) is 30.3 Å². The molecule has 0 spiro atoms. The van der Waals surface area contributed by atoms with Crippen molar-refractivity contribution < 1.29 is 33.7 Å². The molecule has 0 saturated carbocycles. The number of fused-ring (bicyclic) bond motifs is 1. The summed E-state index contributed by atoms with van der Waals surface area (Å²) in [6, 6.07) is 4.76. The van der Waals surface area contributed by atoms with Gasteiger partial charge in [-0.25, -0.2) is 9.78 Å². The van der Waals surface area contributed by atoms with E-state index >= 15 is 0 Å². The smallest absolute Gasteiger partial charge is 0.336 e. The number of anilines is 1. The number of esters is 1. The van der Waals surface area contributed by atoms with Gasteiger partial charge in [-0.15, -0.1) is 23.1 Å². The summed E-state index contributed by atoms with van der Waals surface area (Å²) in [6.07, 6.45) is 1.87. The van der Waals surface area contributed by atoms with E-state index in [1.54, 1.807) is 0 Å². The number of oxime groups is 1. The highest BCUT2D eigenvalue weighted by atomic mass is 32.2. The maximum atomic E-state index is 13.1. The molecule has 2 aliphatic heterocycles. The molecule has 1 fully saturated rings. The standard InChI is InChI=1S/C24H24N6O8S2/c1-13(2)8-38-28-18(17-11-40-24(26-17)25-12-31)20(32)27-19-21(33)29-7-15(10-39-22(19)29)23(34)37-9-14-3-5-16(6-4-14)30(35)36/h3-7,11-13,19,22H,8-10H2,1-2H3,(H,27,32)(H,25,26,31)/t19?,22-/m1/s1. The molecule has 210 valence electrons. The van der Waals surface area contributed by atoms with Crippen molar-refractivity contribution in [2.75, 3.05) is 17.7 Å². The maximum Gasteiger partial charge on any atom is 0.336 e. The molecule has 2 N–H and O–H groups in total. The van der Waals surface area contributed by atoms with Gasteiger partial charge >= 0.3 is 5.97 Å². The molecule has 1 aromatic carbocycles. The molecule has 3 heterocycles. The summed E-state index contributed by atoms with van der Waals surface area (Å²) in [5.74, 6) is -1.33. The molecule has 4 rings (SSSR count). The topological polar surface area (TPSA) is 182 Å². The number of amides is 3. The number of benzene rings is 1. The number of rotatable bonds is 12. The van der Waals surface area contributed by atoms with Crippen LogP contribution < -0.4 is 10.6 Å².